The van der Waals surface area contributed by atoms with Crippen molar-refractivity contribution in [1.29, 1.82) is 0 Å². The van der Waals surface area contributed by atoms with Crippen LogP contribution in [-0.2, 0) is 10.0 Å². The van der Waals surface area contributed by atoms with E-state index in [1.165, 1.54) is 24.6 Å². The molecule has 0 amide bonds. The van der Waals surface area contributed by atoms with Crippen molar-refractivity contribution >= 4 is 26.0 Å². The predicted molar refractivity (Wildman–Crippen MR) is 83.2 cm³/mol. The quantitative estimate of drug-likeness (QED) is 0.837. The Morgan fingerprint density at radius 2 is 1.95 bits per heavy atom. The Kier molecular flexibility index (Phi) is 5.13. The Morgan fingerprint density at radius 3 is 2.48 bits per heavy atom. The molecule has 1 aliphatic rings. The summed E-state index contributed by atoms with van der Waals surface area (Å²) in [6.07, 6.45) is 0.792. The summed E-state index contributed by atoms with van der Waals surface area (Å²) >= 11 is 3.30. The number of nitrogens with zero attached hydrogens (tertiary/aromatic N) is 1. The van der Waals surface area contributed by atoms with Crippen molar-refractivity contribution in [2.75, 3.05) is 33.9 Å². The molecule has 2 rings (SSSR count). The van der Waals surface area contributed by atoms with Gasteiger partial charge >= 0.3 is 0 Å². The first-order valence-electron chi connectivity index (χ1n) is 6.55. The SMILES string of the molecule is COc1cc(Br)c(S(=O)(=O)N2CC[C@H](CN)C2)cc1OC. The van der Waals surface area contributed by atoms with E-state index in [1.807, 2.05) is 0 Å². The number of hydrogen-bond acceptors (Lipinski definition) is 5. The van der Waals surface area contributed by atoms with Gasteiger partial charge in [-0.3, -0.25) is 0 Å². The van der Waals surface area contributed by atoms with Crippen LogP contribution in [0.5, 0.6) is 11.5 Å². The number of benzene rings is 1. The molecule has 0 saturated carbocycles. The summed E-state index contributed by atoms with van der Waals surface area (Å²) in [6.45, 7) is 1.45. The zero-order valence-corrected chi connectivity index (χ0v) is 14.4. The first kappa shape index (κ1) is 16.5. The summed E-state index contributed by atoms with van der Waals surface area (Å²) in [5.41, 5.74) is 5.62. The lowest BCUT2D eigenvalue weighted by atomic mass is 10.1. The molecule has 8 heteroatoms. The van der Waals surface area contributed by atoms with Crippen LogP contribution in [0.1, 0.15) is 6.42 Å². The van der Waals surface area contributed by atoms with E-state index in [1.54, 1.807) is 6.07 Å². The van der Waals surface area contributed by atoms with E-state index in [9.17, 15) is 8.42 Å². The molecule has 21 heavy (non-hydrogen) atoms. The number of halogens is 1. The van der Waals surface area contributed by atoms with Crippen LogP contribution < -0.4 is 15.2 Å². The second-order valence-electron chi connectivity index (χ2n) is 4.89. The fourth-order valence-electron chi connectivity index (χ4n) is 2.38. The molecular formula is C13H19BrN2O4S. The topological polar surface area (TPSA) is 81.9 Å². The van der Waals surface area contributed by atoms with Crippen molar-refractivity contribution in [3.8, 4) is 11.5 Å². The van der Waals surface area contributed by atoms with Gasteiger partial charge in [-0.05, 0) is 40.9 Å². The van der Waals surface area contributed by atoms with Crippen LogP contribution in [0, 0.1) is 5.92 Å². The van der Waals surface area contributed by atoms with E-state index in [-0.39, 0.29) is 10.8 Å². The molecule has 2 N–H and O–H groups in total. The molecular weight excluding hydrogens is 360 g/mol. The first-order chi connectivity index (χ1) is 9.93. The van der Waals surface area contributed by atoms with E-state index in [0.29, 0.717) is 35.6 Å². The highest BCUT2D eigenvalue weighted by Crippen LogP contribution is 2.37. The maximum atomic E-state index is 12.7. The Morgan fingerprint density at radius 1 is 1.33 bits per heavy atom. The molecule has 1 saturated heterocycles. The maximum Gasteiger partial charge on any atom is 0.244 e. The van der Waals surface area contributed by atoms with Crippen LogP contribution in [0.4, 0.5) is 0 Å². The van der Waals surface area contributed by atoms with Gasteiger partial charge < -0.3 is 15.2 Å². The molecule has 6 nitrogen and oxygen atoms in total. The van der Waals surface area contributed by atoms with Crippen molar-refractivity contribution in [3.63, 3.8) is 0 Å². The van der Waals surface area contributed by atoms with Crippen molar-refractivity contribution in [2.45, 2.75) is 11.3 Å². The molecule has 0 bridgehead atoms. The summed E-state index contributed by atoms with van der Waals surface area (Å²) in [6, 6.07) is 3.08. The van der Waals surface area contributed by atoms with Crippen LogP contribution in [0.25, 0.3) is 0 Å². The lowest BCUT2D eigenvalue weighted by Crippen LogP contribution is -2.30. The van der Waals surface area contributed by atoms with Gasteiger partial charge in [0.2, 0.25) is 10.0 Å². The average Bonchev–Trinajstić information content (AvgIpc) is 2.96. The van der Waals surface area contributed by atoms with Crippen molar-refractivity contribution in [3.05, 3.63) is 16.6 Å². The third kappa shape index (κ3) is 3.18. The molecule has 0 aliphatic carbocycles. The fourth-order valence-corrected chi connectivity index (χ4v) is 4.91. The van der Waals surface area contributed by atoms with E-state index in [0.717, 1.165) is 6.42 Å². The van der Waals surface area contributed by atoms with Crippen molar-refractivity contribution < 1.29 is 17.9 Å². The normalized spacial score (nSPS) is 19.7. The highest BCUT2D eigenvalue weighted by Gasteiger charge is 2.33. The second kappa shape index (κ2) is 6.51. The molecule has 0 aromatic heterocycles. The van der Waals surface area contributed by atoms with Gasteiger partial charge in [-0.2, -0.15) is 4.31 Å². The van der Waals surface area contributed by atoms with Crippen LogP contribution in [0.15, 0.2) is 21.5 Å². The lowest BCUT2D eigenvalue weighted by molar-refractivity contribution is 0.353. The van der Waals surface area contributed by atoms with Gasteiger partial charge in [0.1, 0.15) is 4.90 Å². The Labute approximate surface area is 133 Å². The van der Waals surface area contributed by atoms with Crippen molar-refractivity contribution in [1.82, 2.24) is 4.31 Å². The summed E-state index contributed by atoms with van der Waals surface area (Å²) in [5.74, 6) is 1.08. The molecule has 1 aromatic rings. The number of sulfonamides is 1. The zero-order valence-electron chi connectivity index (χ0n) is 12.0. The highest BCUT2D eigenvalue weighted by atomic mass is 79.9. The molecule has 0 unspecified atom stereocenters. The van der Waals surface area contributed by atoms with Gasteiger partial charge in [-0.1, -0.05) is 0 Å². The minimum atomic E-state index is -3.57. The summed E-state index contributed by atoms with van der Waals surface area (Å²) in [5, 5.41) is 0. The van der Waals surface area contributed by atoms with Gasteiger partial charge in [-0.15, -0.1) is 0 Å². The first-order valence-corrected chi connectivity index (χ1v) is 8.79. The maximum absolute atomic E-state index is 12.7. The average molecular weight is 379 g/mol. The molecule has 0 spiro atoms. The molecule has 0 radical (unpaired) electrons. The van der Waals surface area contributed by atoms with Gasteiger partial charge in [0.25, 0.3) is 0 Å². The second-order valence-corrected chi connectivity index (χ2v) is 7.65. The number of nitrogens with two attached hydrogens (primary N) is 1. The van der Waals surface area contributed by atoms with E-state index in [2.05, 4.69) is 15.9 Å². The van der Waals surface area contributed by atoms with Gasteiger partial charge in [0, 0.05) is 23.6 Å². The molecule has 1 aromatic carbocycles. The van der Waals surface area contributed by atoms with Crippen LogP contribution in [0.2, 0.25) is 0 Å². The van der Waals surface area contributed by atoms with Gasteiger partial charge in [0.15, 0.2) is 11.5 Å². The summed E-state index contributed by atoms with van der Waals surface area (Å²) in [4.78, 5) is 0.179. The predicted octanol–water partition coefficient (Wildman–Crippen LogP) is 1.44. The van der Waals surface area contributed by atoms with E-state index in [4.69, 9.17) is 15.2 Å². The van der Waals surface area contributed by atoms with Gasteiger partial charge in [-0.25, -0.2) is 8.42 Å². The van der Waals surface area contributed by atoms with E-state index < -0.39 is 10.0 Å². The number of methoxy groups -OCH3 is 2. The van der Waals surface area contributed by atoms with Gasteiger partial charge in [0.05, 0.1) is 14.2 Å². The van der Waals surface area contributed by atoms with E-state index >= 15 is 0 Å². The largest absolute Gasteiger partial charge is 0.493 e. The lowest BCUT2D eigenvalue weighted by Gasteiger charge is -2.19. The molecule has 1 heterocycles. The third-order valence-corrected chi connectivity index (χ3v) is 6.46. The number of rotatable bonds is 5. The minimum Gasteiger partial charge on any atom is -0.493 e. The minimum absolute atomic E-state index is 0.179. The molecule has 1 atom stereocenters. The van der Waals surface area contributed by atoms with Crippen molar-refractivity contribution in [2.24, 2.45) is 11.7 Å². The van der Waals surface area contributed by atoms with Crippen LogP contribution >= 0.6 is 15.9 Å². The standard InChI is InChI=1S/C13H19BrN2O4S/c1-19-11-5-10(14)13(6-12(11)20-2)21(17,18)16-4-3-9(7-15)8-16/h5-6,9H,3-4,7-8,15H2,1-2H3/t9-/m1/s1. The number of ether oxygens (including phenoxy) is 2. The zero-order chi connectivity index (χ0) is 15.6. The fraction of sp³-hybridized carbons (Fsp3) is 0.538. The molecule has 118 valence electrons. The summed E-state index contributed by atoms with van der Waals surface area (Å²) in [7, 11) is -0.595. The van der Waals surface area contributed by atoms with Crippen LogP contribution in [0.3, 0.4) is 0 Å². The summed E-state index contributed by atoms with van der Waals surface area (Å²) < 4.78 is 37.8. The number of hydrogen-bond donors (Lipinski definition) is 1. The Bertz CT molecular complexity index is 621. The highest BCUT2D eigenvalue weighted by molar-refractivity contribution is 9.10. The van der Waals surface area contributed by atoms with Crippen LogP contribution in [-0.4, -0.2) is 46.6 Å². The Hall–Kier alpha value is -0.830. The molecule has 1 aliphatic heterocycles. The molecule has 1 fully saturated rings. The smallest absolute Gasteiger partial charge is 0.244 e. The monoisotopic (exact) mass is 378 g/mol. The Balaban J connectivity index is 2.41. The third-order valence-electron chi connectivity index (χ3n) is 3.64.